The number of amides is 1. The number of benzene rings is 1. The number of aliphatic carboxylic acids is 1. The molecule has 3 aromatic rings. The number of hydrogen-bond acceptors (Lipinski definition) is 6. The van der Waals surface area contributed by atoms with Crippen molar-refractivity contribution in [2.45, 2.75) is 106 Å². The molecule has 0 radical (unpaired) electrons. The highest BCUT2D eigenvalue weighted by atomic mass is 19.4. The Morgan fingerprint density at radius 2 is 1.65 bits per heavy atom. The molecule has 9 nitrogen and oxygen atoms in total. The lowest BCUT2D eigenvalue weighted by molar-refractivity contribution is -0.163. The number of ether oxygens (including phenoxy) is 2. The summed E-state index contributed by atoms with van der Waals surface area (Å²) < 4.78 is 86.7. The predicted octanol–water partition coefficient (Wildman–Crippen LogP) is 7.72. The Hall–Kier alpha value is -3.78. The maximum Gasteiger partial charge on any atom is 0.434 e. The van der Waals surface area contributed by atoms with Gasteiger partial charge in [0.15, 0.2) is 5.69 Å². The molecule has 7 aliphatic rings. The molecule has 10 rings (SSSR count). The molecule has 0 spiro atoms. The molecule has 2 aliphatic heterocycles. The fraction of sp³-hybridized carbons (Fsp3) is 0.625. The molecule has 1 atom stereocenters. The third kappa shape index (κ3) is 6.24. The van der Waals surface area contributed by atoms with E-state index < -0.39 is 40.8 Å². The quantitative estimate of drug-likeness (QED) is 0.227. The van der Waals surface area contributed by atoms with Gasteiger partial charge in [0.25, 0.3) is 5.91 Å². The maximum atomic E-state index is 14.8. The van der Waals surface area contributed by atoms with Crippen LogP contribution in [0.1, 0.15) is 92.7 Å². The number of carboxylic acids is 1. The number of pyridine rings is 1. The van der Waals surface area contributed by atoms with E-state index in [0.717, 1.165) is 38.4 Å². The van der Waals surface area contributed by atoms with E-state index in [1.54, 1.807) is 18.3 Å². The largest absolute Gasteiger partial charge is 0.489 e. The predicted molar refractivity (Wildman–Crippen MR) is 187 cm³/mol. The number of nitrogens with one attached hydrogen (secondary N) is 1. The van der Waals surface area contributed by atoms with Crippen molar-refractivity contribution >= 4 is 22.8 Å². The van der Waals surface area contributed by atoms with Crippen molar-refractivity contribution in [2.24, 2.45) is 23.7 Å². The smallest absolute Gasteiger partial charge is 0.434 e. The van der Waals surface area contributed by atoms with E-state index in [0.29, 0.717) is 79.0 Å². The first kappa shape index (κ1) is 35.9. The van der Waals surface area contributed by atoms with Crippen LogP contribution in [0, 0.1) is 23.7 Å². The van der Waals surface area contributed by atoms with Crippen LogP contribution >= 0.6 is 0 Å². The molecule has 1 amide bonds. The summed E-state index contributed by atoms with van der Waals surface area (Å²) in [7, 11) is 0. The topological polar surface area (TPSA) is 106 Å². The summed E-state index contributed by atoms with van der Waals surface area (Å²) in [6, 6.07) is 7.88. The van der Waals surface area contributed by atoms with Crippen molar-refractivity contribution < 1.29 is 46.1 Å². The number of rotatable bonds is 8. The van der Waals surface area contributed by atoms with Gasteiger partial charge in [-0.05, 0) is 112 Å². The average Bonchev–Trinajstić information content (AvgIpc) is 3.47. The van der Waals surface area contributed by atoms with Crippen LogP contribution in [-0.4, -0.2) is 81.3 Å². The molecule has 1 aromatic carbocycles. The summed E-state index contributed by atoms with van der Waals surface area (Å²) in [4.78, 5) is 33.1. The second-order valence-corrected chi connectivity index (χ2v) is 16.8. The molecule has 2 N–H and O–H groups in total. The molecule has 5 saturated carbocycles. The SMILES string of the molecule is O=C(NC1(C(=O)O)C2CC3CC(C2)CC1C3)c1ccc(-c2cn(C3CCC(F)(F)CC3)c3cc(OC4CCCN(C5COC5)C4)ccc23)nc1C(F)(F)F. The zero-order valence-corrected chi connectivity index (χ0v) is 29.9. The number of nitrogens with zero attached hydrogens (tertiary/aromatic N) is 3. The summed E-state index contributed by atoms with van der Waals surface area (Å²) >= 11 is 0. The third-order valence-corrected chi connectivity index (χ3v) is 13.5. The second kappa shape index (κ2) is 13.2. The molecule has 14 heteroatoms. The van der Waals surface area contributed by atoms with Gasteiger partial charge in [-0.25, -0.2) is 18.6 Å². The third-order valence-electron chi connectivity index (χ3n) is 13.5. The zero-order valence-electron chi connectivity index (χ0n) is 29.9. The van der Waals surface area contributed by atoms with Crippen molar-refractivity contribution in [3.8, 4) is 17.0 Å². The minimum Gasteiger partial charge on any atom is -0.489 e. The second-order valence-electron chi connectivity index (χ2n) is 16.8. The van der Waals surface area contributed by atoms with Crippen LogP contribution in [0.25, 0.3) is 22.2 Å². The molecule has 290 valence electrons. The van der Waals surface area contributed by atoms with E-state index in [1.165, 1.54) is 6.07 Å². The van der Waals surface area contributed by atoms with Crippen LogP contribution in [-0.2, 0) is 15.7 Å². The van der Waals surface area contributed by atoms with Gasteiger partial charge in [-0.1, -0.05) is 0 Å². The summed E-state index contributed by atoms with van der Waals surface area (Å²) in [5.74, 6) is -4.42. The van der Waals surface area contributed by atoms with E-state index in [9.17, 15) is 36.6 Å². The number of carbonyl (C=O) groups is 2. The molecule has 4 heterocycles. The van der Waals surface area contributed by atoms with Gasteiger partial charge in [-0.15, -0.1) is 0 Å². The van der Waals surface area contributed by atoms with Crippen molar-refractivity contribution in [1.29, 1.82) is 0 Å². The first-order valence-electron chi connectivity index (χ1n) is 19.4. The number of likely N-dealkylation sites (tertiary alicyclic amines) is 1. The Morgan fingerprint density at radius 3 is 2.28 bits per heavy atom. The van der Waals surface area contributed by atoms with E-state index in [4.69, 9.17) is 9.47 Å². The fourth-order valence-electron chi connectivity index (χ4n) is 10.9. The van der Waals surface area contributed by atoms with Crippen molar-refractivity contribution in [3.63, 3.8) is 0 Å². The normalized spacial score (nSPS) is 31.4. The molecular weight excluding hydrogens is 711 g/mol. The van der Waals surface area contributed by atoms with Crippen LogP contribution in [0.4, 0.5) is 22.0 Å². The highest BCUT2D eigenvalue weighted by Gasteiger charge is 2.62. The molecule has 4 bridgehead atoms. The monoisotopic (exact) mass is 756 g/mol. The average molecular weight is 757 g/mol. The van der Waals surface area contributed by atoms with Gasteiger partial charge in [0.2, 0.25) is 5.92 Å². The number of hydrogen-bond donors (Lipinski definition) is 2. The van der Waals surface area contributed by atoms with Gasteiger partial charge >= 0.3 is 12.1 Å². The van der Waals surface area contributed by atoms with Gasteiger partial charge in [-0.2, -0.15) is 13.2 Å². The van der Waals surface area contributed by atoms with E-state index in [-0.39, 0.29) is 55.4 Å². The van der Waals surface area contributed by atoms with Crippen LogP contribution in [0.3, 0.4) is 0 Å². The van der Waals surface area contributed by atoms with Crippen LogP contribution in [0.5, 0.6) is 5.75 Å². The standard InChI is InChI=1S/C40H45F5N4O5/c41-38(42)9-7-26(8-10-38)49-19-32(30-4-3-28(17-34(30)49)54-29-2-1-11-48(18-29)27-20-53-21-27)33-6-5-31(35(46-33)40(43,44)45)36(50)47-39(37(51)52)24-13-22-12-23(15-24)16-25(39)14-22/h3-6,17,19,22-27,29H,1-2,7-16,18,20-21H2,(H,47,50)(H,51,52). The van der Waals surface area contributed by atoms with E-state index in [1.807, 2.05) is 10.6 Å². The number of halogens is 5. The Kier molecular flexibility index (Phi) is 8.75. The number of fused-ring (bicyclic) bond motifs is 1. The van der Waals surface area contributed by atoms with Crippen LogP contribution in [0.2, 0.25) is 0 Å². The Balaban J connectivity index is 1.05. The van der Waals surface area contributed by atoms with Gasteiger partial charge in [0, 0.05) is 48.6 Å². The van der Waals surface area contributed by atoms with Crippen molar-refractivity contribution in [1.82, 2.24) is 19.8 Å². The molecule has 2 aromatic heterocycles. The number of aromatic nitrogens is 2. The summed E-state index contributed by atoms with van der Waals surface area (Å²) in [5, 5.41) is 13.7. The van der Waals surface area contributed by atoms with Crippen molar-refractivity contribution in [2.75, 3.05) is 26.3 Å². The van der Waals surface area contributed by atoms with E-state index in [2.05, 4.69) is 15.2 Å². The van der Waals surface area contributed by atoms with Gasteiger partial charge < -0.3 is 24.5 Å². The minimum atomic E-state index is -5.03. The Bertz CT molecular complexity index is 1920. The molecule has 7 fully saturated rings. The summed E-state index contributed by atoms with van der Waals surface area (Å²) in [6.07, 6.45) is 1.77. The molecule has 54 heavy (non-hydrogen) atoms. The minimum absolute atomic E-state index is 0.0364. The van der Waals surface area contributed by atoms with Crippen LogP contribution < -0.4 is 10.1 Å². The maximum absolute atomic E-state index is 14.8. The lowest BCUT2D eigenvalue weighted by Gasteiger charge is -2.59. The van der Waals surface area contributed by atoms with E-state index >= 15 is 0 Å². The summed E-state index contributed by atoms with van der Waals surface area (Å²) in [6.45, 7) is 3.13. The van der Waals surface area contributed by atoms with Crippen molar-refractivity contribution in [3.05, 3.63) is 47.8 Å². The van der Waals surface area contributed by atoms with Crippen LogP contribution in [0.15, 0.2) is 36.5 Å². The number of carbonyl (C=O) groups excluding carboxylic acids is 1. The molecular formula is C40H45F5N4O5. The lowest BCUT2D eigenvalue weighted by Crippen LogP contribution is -2.70. The highest BCUT2D eigenvalue weighted by molar-refractivity contribution is 6.00. The number of piperidine rings is 1. The molecule has 5 aliphatic carbocycles. The highest BCUT2D eigenvalue weighted by Crippen LogP contribution is 2.58. The molecule has 2 saturated heterocycles. The van der Waals surface area contributed by atoms with Gasteiger partial charge in [0.1, 0.15) is 17.4 Å². The Labute approximate surface area is 309 Å². The zero-order chi connectivity index (χ0) is 37.6. The Morgan fingerprint density at radius 1 is 0.944 bits per heavy atom. The first-order chi connectivity index (χ1) is 25.8. The number of alkyl halides is 5. The summed E-state index contributed by atoms with van der Waals surface area (Å²) in [5.41, 5.74) is -2.80. The first-order valence-corrected chi connectivity index (χ1v) is 19.4. The van der Waals surface area contributed by atoms with Gasteiger partial charge in [0.05, 0.1) is 36.0 Å². The number of carboxylic acid groups (broad SMARTS) is 1. The lowest BCUT2D eigenvalue weighted by atomic mass is 9.48. The van der Waals surface area contributed by atoms with Gasteiger partial charge in [-0.3, -0.25) is 9.69 Å². The molecule has 1 unspecified atom stereocenters. The fourth-order valence-corrected chi connectivity index (χ4v) is 10.9.